The van der Waals surface area contributed by atoms with Crippen LogP contribution in [0.25, 0.3) is 0 Å². The number of carbonyl (C=O) groups is 2. The van der Waals surface area contributed by atoms with Crippen LogP contribution in [0.5, 0.6) is 0 Å². The third-order valence-electron chi connectivity index (χ3n) is 1.84. The monoisotopic (exact) mass is 210 g/mol. The van der Waals surface area contributed by atoms with Crippen LogP contribution in [0.2, 0.25) is 0 Å². The first-order chi connectivity index (χ1) is 7.06. The molecule has 1 amide bonds. The van der Waals surface area contributed by atoms with Crippen LogP contribution in [0, 0.1) is 5.92 Å². The Balaban J connectivity index is 3.04. The van der Waals surface area contributed by atoms with Gasteiger partial charge < -0.3 is 10.1 Å². The van der Waals surface area contributed by atoms with Gasteiger partial charge in [-0.1, -0.05) is 13.8 Å². The number of Topliss-reactive ketones (excluding diaryl/α,β-unsaturated/α-hetero) is 1. The van der Waals surface area contributed by atoms with Gasteiger partial charge in [-0.15, -0.1) is 0 Å². The third-order valence-corrected chi connectivity index (χ3v) is 1.84. The van der Waals surface area contributed by atoms with Gasteiger partial charge in [0.2, 0.25) is 5.88 Å². The fourth-order valence-electron chi connectivity index (χ4n) is 1.11. The Morgan fingerprint density at radius 1 is 1.60 bits per heavy atom. The fraction of sp³-hybridized carbons (Fsp3) is 0.500. The number of amides is 1. The standard InChI is InChI=1S/C10H14N2O3/c1-4-11-10-8(9(14)6(2)3)12-7(13)5-15-10/h4,6H,5H2,1-3H3,(H,12,13). The lowest BCUT2D eigenvalue weighted by molar-refractivity contribution is -0.128. The normalized spacial score (nSPS) is 16.9. The zero-order valence-electron chi connectivity index (χ0n) is 9.03. The average molecular weight is 210 g/mol. The van der Waals surface area contributed by atoms with Crippen molar-refractivity contribution in [3.63, 3.8) is 0 Å². The minimum atomic E-state index is -0.325. The van der Waals surface area contributed by atoms with Crippen molar-refractivity contribution in [1.29, 1.82) is 0 Å². The number of nitrogens with zero attached hydrogens (tertiary/aromatic N) is 1. The second-order valence-corrected chi connectivity index (χ2v) is 3.42. The number of ketones is 1. The van der Waals surface area contributed by atoms with E-state index in [4.69, 9.17) is 4.74 Å². The highest BCUT2D eigenvalue weighted by atomic mass is 16.5. The smallest absolute Gasteiger partial charge is 0.262 e. The molecule has 5 nitrogen and oxygen atoms in total. The summed E-state index contributed by atoms with van der Waals surface area (Å²) < 4.78 is 5.06. The Morgan fingerprint density at radius 2 is 2.27 bits per heavy atom. The number of rotatable bonds is 3. The maximum atomic E-state index is 11.7. The molecule has 1 aliphatic rings. The summed E-state index contributed by atoms with van der Waals surface area (Å²) in [7, 11) is 0. The molecule has 0 spiro atoms. The Kier molecular flexibility index (Phi) is 3.60. The molecule has 0 bridgehead atoms. The first-order valence-corrected chi connectivity index (χ1v) is 4.76. The predicted octanol–water partition coefficient (Wildman–Crippen LogP) is 0.618. The summed E-state index contributed by atoms with van der Waals surface area (Å²) in [6.45, 7) is 5.12. The summed E-state index contributed by atoms with van der Waals surface area (Å²) in [6.07, 6.45) is 1.51. The van der Waals surface area contributed by atoms with Gasteiger partial charge in [0.25, 0.3) is 5.91 Å². The van der Waals surface area contributed by atoms with Gasteiger partial charge in [0, 0.05) is 12.1 Å². The second-order valence-electron chi connectivity index (χ2n) is 3.42. The molecule has 0 aromatic rings. The van der Waals surface area contributed by atoms with Crippen molar-refractivity contribution in [2.24, 2.45) is 10.9 Å². The van der Waals surface area contributed by atoms with Crippen molar-refractivity contribution in [2.75, 3.05) is 6.61 Å². The van der Waals surface area contributed by atoms with Crippen LogP contribution in [0.15, 0.2) is 16.6 Å². The van der Waals surface area contributed by atoms with Crippen molar-refractivity contribution >= 4 is 17.9 Å². The van der Waals surface area contributed by atoms with Gasteiger partial charge in [-0.2, -0.15) is 0 Å². The molecule has 0 radical (unpaired) electrons. The van der Waals surface area contributed by atoms with E-state index < -0.39 is 0 Å². The SMILES string of the molecule is CC=NC1=C(C(=O)C(C)C)NC(=O)CO1. The lowest BCUT2D eigenvalue weighted by Gasteiger charge is -2.19. The van der Waals surface area contributed by atoms with Gasteiger partial charge in [0.1, 0.15) is 5.70 Å². The number of hydrogen-bond acceptors (Lipinski definition) is 4. The van der Waals surface area contributed by atoms with E-state index >= 15 is 0 Å². The zero-order valence-corrected chi connectivity index (χ0v) is 9.03. The van der Waals surface area contributed by atoms with Crippen molar-refractivity contribution in [2.45, 2.75) is 20.8 Å². The maximum Gasteiger partial charge on any atom is 0.262 e. The van der Waals surface area contributed by atoms with Gasteiger partial charge >= 0.3 is 0 Å². The van der Waals surface area contributed by atoms with E-state index in [2.05, 4.69) is 10.3 Å². The van der Waals surface area contributed by atoms with Gasteiger partial charge in [-0.3, -0.25) is 9.59 Å². The Morgan fingerprint density at radius 3 is 2.80 bits per heavy atom. The first kappa shape index (κ1) is 11.4. The fourth-order valence-corrected chi connectivity index (χ4v) is 1.11. The van der Waals surface area contributed by atoms with Crippen LogP contribution in [-0.4, -0.2) is 24.5 Å². The van der Waals surface area contributed by atoms with Crippen molar-refractivity contribution < 1.29 is 14.3 Å². The van der Waals surface area contributed by atoms with E-state index in [-0.39, 0.29) is 35.8 Å². The summed E-state index contributed by atoms with van der Waals surface area (Å²) in [5.41, 5.74) is 0.152. The van der Waals surface area contributed by atoms with E-state index in [9.17, 15) is 9.59 Å². The van der Waals surface area contributed by atoms with E-state index in [0.29, 0.717) is 0 Å². The highest BCUT2D eigenvalue weighted by molar-refractivity contribution is 6.01. The van der Waals surface area contributed by atoms with Crippen LogP contribution in [0.1, 0.15) is 20.8 Å². The topological polar surface area (TPSA) is 67.8 Å². The lowest BCUT2D eigenvalue weighted by Crippen LogP contribution is -2.37. The summed E-state index contributed by atoms with van der Waals surface area (Å²) in [5.74, 6) is -0.516. The van der Waals surface area contributed by atoms with Gasteiger partial charge in [0.15, 0.2) is 12.4 Å². The Labute approximate surface area is 88.2 Å². The summed E-state index contributed by atoms with van der Waals surface area (Å²) in [4.78, 5) is 26.7. The van der Waals surface area contributed by atoms with E-state index in [1.54, 1.807) is 20.8 Å². The summed E-state index contributed by atoms with van der Waals surface area (Å²) >= 11 is 0. The van der Waals surface area contributed by atoms with Crippen LogP contribution in [0.4, 0.5) is 0 Å². The first-order valence-electron chi connectivity index (χ1n) is 4.76. The van der Waals surface area contributed by atoms with Crippen molar-refractivity contribution in [1.82, 2.24) is 5.32 Å². The molecule has 0 unspecified atom stereocenters. The minimum absolute atomic E-state index is 0.0957. The molecule has 1 N–H and O–H groups in total. The number of ether oxygens (including phenoxy) is 1. The third kappa shape index (κ3) is 2.65. The Hall–Kier alpha value is -1.65. The van der Waals surface area contributed by atoms with Crippen LogP contribution in [0.3, 0.4) is 0 Å². The van der Waals surface area contributed by atoms with Gasteiger partial charge in [-0.05, 0) is 6.92 Å². The quantitative estimate of drug-likeness (QED) is 0.694. The second kappa shape index (κ2) is 4.72. The highest BCUT2D eigenvalue weighted by Gasteiger charge is 2.25. The molecular weight excluding hydrogens is 196 g/mol. The number of nitrogens with one attached hydrogen (secondary N) is 1. The van der Waals surface area contributed by atoms with Gasteiger partial charge in [-0.25, -0.2) is 4.99 Å². The number of hydrogen-bond donors (Lipinski definition) is 1. The predicted molar refractivity (Wildman–Crippen MR) is 55.1 cm³/mol. The molecule has 5 heteroatoms. The molecule has 0 saturated carbocycles. The van der Waals surface area contributed by atoms with Crippen LogP contribution in [-0.2, 0) is 14.3 Å². The zero-order chi connectivity index (χ0) is 11.4. The van der Waals surface area contributed by atoms with E-state index in [1.807, 2.05) is 0 Å². The molecule has 0 saturated heterocycles. The van der Waals surface area contributed by atoms with Gasteiger partial charge in [0.05, 0.1) is 0 Å². The Bertz CT molecular complexity index is 343. The molecule has 1 aliphatic heterocycles. The molecule has 0 aromatic carbocycles. The minimum Gasteiger partial charge on any atom is -0.466 e. The molecule has 0 fully saturated rings. The van der Waals surface area contributed by atoms with Crippen LogP contribution < -0.4 is 5.32 Å². The van der Waals surface area contributed by atoms with Crippen LogP contribution >= 0.6 is 0 Å². The average Bonchev–Trinajstić information content (AvgIpc) is 2.20. The molecule has 1 rings (SSSR count). The highest BCUT2D eigenvalue weighted by Crippen LogP contribution is 2.14. The van der Waals surface area contributed by atoms with Crippen molar-refractivity contribution in [3.8, 4) is 0 Å². The molecule has 15 heavy (non-hydrogen) atoms. The van der Waals surface area contributed by atoms with E-state index in [0.717, 1.165) is 0 Å². The molecule has 0 atom stereocenters. The molecule has 0 aromatic heterocycles. The largest absolute Gasteiger partial charge is 0.466 e. The number of aliphatic imine (C=N–C) groups is 1. The molecule has 82 valence electrons. The number of allylic oxidation sites excluding steroid dienone is 1. The number of carbonyl (C=O) groups excluding carboxylic acids is 2. The molecule has 0 aliphatic carbocycles. The summed E-state index contributed by atoms with van der Waals surface area (Å²) in [5, 5.41) is 2.48. The molecule has 1 heterocycles. The maximum absolute atomic E-state index is 11.7. The summed E-state index contributed by atoms with van der Waals surface area (Å²) in [6, 6.07) is 0. The lowest BCUT2D eigenvalue weighted by atomic mass is 10.1. The molecular formula is C10H14N2O3. The van der Waals surface area contributed by atoms with E-state index in [1.165, 1.54) is 6.21 Å². The van der Waals surface area contributed by atoms with Crippen molar-refractivity contribution in [3.05, 3.63) is 11.6 Å².